The average Bonchev–Trinajstić information content (AvgIpc) is 2.13. The molecule has 0 unspecified atom stereocenters. The van der Waals surface area contributed by atoms with Gasteiger partial charge in [-0.1, -0.05) is 12.2 Å². The molecule has 2 N–H and O–H groups in total. The highest BCUT2D eigenvalue weighted by Gasteiger charge is 2.21. The van der Waals surface area contributed by atoms with Crippen molar-refractivity contribution in [1.82, 2.24) is 0 Å². The van der Waals surface area contributed by atoms with E-state index in [1.807, 2.05) is 0 Å². The zero-order valence-electron chi connectivity index (χ0n) is 7.75. The highest BCUT2D eigenvalue weighted by molar-refractivity contribution is 8.10. The van der Waals surface area contributed by atoms with Gasteiger partial charge >= 0.3 is 0 Å². The molecule has 0 aromatic heterocycles. The third kappa shape index (κ3) is 6.77. The topological polar surface area (TPSA) is 58.9 Å². The molecule has 82 valence electrons. The molecule has 0 heterocycles. The minimum Gasteiger partial charge on any atom is -0.370 e. The van der Waals surface area contributed by atoms with Crippen LogP contribution < -0.4 is 0 Å². The van der Waals surface area contributed by atoms with Crippen LogP contribution in [-0.2, 0) is 7.26 Å². The lowest BCUT2D eigenvalue weighted by Gasteiger charge is -2.16. The SMILES string of the molecule is CC=CC(O)(C=CC)SOSOSO. The minimum atomic E-state index is -1.21. The summed E-state index contributed by atoms with van der Waals surface area (Å²) >= 11 is 1.57. The second kappa shape index (κ2) is 8.66. The molecule has 4 nitrogen and oxygen atoms in total. The number of hydrogen-bond acceptors (Lipinski definition) is 7. The van der Waals surface area contributed by atoms with Gasteiger partial charge in [-0.05, 0) is 26.0 Å². The Bertz CT molecular complexity index is 183. The summed E-state index contributed by atoms with van der Waals surface area (Å²) in [7, 11) is 0. The van der Waals surface area contributed by atoms with Crippen molar-refractivity contribution < 1.29 is 16.9 Å². The van der Waals surface area contributed by atoms with Crippen molar-refractivity contribution in [2.75, 3.05) is 0 Å². The Kier molecular flexibility index (Phi) is 8.89. The molecule has 0 fully saturated rings. The van der Waals surface area contributed by atoms with Crippen LogP contribution in [0.15, 0.2) is 24.3 Å². The number of allylic oxidation sites excluding steroid dienone is 2. The zero-order chi connectivity index (χ0) is 10.9. The maximum atomic E-state index is 9.84. The van der Waals surface area contributed by atoms with Gasteiger partial charge in [-0.25, -0.2) is 3.63 Å². The molecule has 0 aromatic rings. The van der Waals surface area contributed by atoms with E-state index in [0.717, 1.165) is 12.0 Å². The molecule has 0 atom stereocenters. The van der Waals surface area contributed by atoms with Crippen molar-refractivity contribution in [3.8, 4) is 0 Å². The normalized spacial score (nSPS) is 16.6. The summed E-state index contributed by atoms with van der Waals surface area (Å²) in [6.45, 7) is 3.59. The van der Waals surface area contributed by atoms with E-state index >= 15 is 0 Å². The van der Waals surface area contributed by atoms with Crippen LogP contribution in [0.1, 0.15) is 13.8 Å². The van der Waals surface area contributed by atoms with Crippen LogP contribution in [0.4, 0.5) is 0 Å². The predicted molar refractivity (Wildman–Crippen MR) is 62.1 cm³/mol. The van der Waals surface area contributed by atoms with Gasteiger partial charge in [0.2, 0.25) is 0 Å². The van der Waals surface area contributed by atoms with Crippen molar-refractivity contribution in [3.63, 3.8) is 0 Å². The fourth-order valence-corrected chi connectivity index (χ4v) is 2.01. The van der Waals surface area contributed by atoms with E-state index < -0.39 is 4.93 Å². The van der Waals surface area contributed by atoms with Crippen LogP contribution in [0, 0.1) is 0 Å². The molecule has 7 heteroatoms. The fourth-order valence-electron chi connectivity index (χ4n) is 0.681. The quantitative estimate of drug-likeness (QED) is 0.314. The molecule has 0 bridgehead atoms. The Morgan fingerprint density at radius 3 is 2.14 bits per heavy atom. The Morgan fingerprint density at radius 1 is 1.14 bits per heavy atom. The van der Waals surface area contributed by atoms with Crippen LogP contribution in [0.25, 0.3) is 0 Å². The van der Waals surface area contributed by atoms with E-state index in [1.165, 1.54) is 0 Å². The first-order valence-electron chi connectivity index (χ1n) is 3.68. The van der Waals surface area contributed by atoms with Crippen LogP contribution in [0.2, 0.25) is 0 Å². The van der Waals surface area contributed by atoms with Crippen molar-refractivity contribution in [2.24, 2.45) is 0 Å². The molecule has 0 aliphatic carbocycles. The molecular weight excluding hydrogens is 244 g/mol. The number of hydrogen-bond donors (Lipinski definition) is 2. The van der Waals surface area contributed by atoms with Gasteiger partial charge in [0.15, 0.2) is 29.6 Å². The van der Waals surface area contributed by atoms with Crippen molar-refractivity contribution in [2.45, 2.75) is 18.8 Å². The molecule has 0 aliphatic rings. The lowest BCUT2D eigenvalue weighted by atomic mass is 10.3. The van der Waals surface area contributed by atoms with Crippen LogP contribution in [-0.4, -0.2) is 14.6 Å². The average molecular weight is 256 g/mol. The Morgan fingerprint density at radius 2 is 1.71 bits per heavy atom. The molecule has 0 radical (unpaired) electrons. The third-order valence-electron chi connectivity index (χ3n) is 1.06. The zero-order valence-corrected chi connectivity index (χ0v) is 10.2. The first kappa shape index (κ1) is 14.4. The molecule has 0 saturated heterocycles. The van der Waals surface area contributed by atoms with Gasteiger partial charge in [0.1, 0.15) is 0 Å². The van der Waals surface area contributed by atoms with E-state index in [2.05, 4.69) is 3.63 Å². The summed E-state index contributed by atoms with van der Waals surface area (Å²) in [5, 5.41) is 9.84. The van der Waals surface area contributed by atoms with Crippen molar-refractivity contribution >= 4 is 36.7 Å². The van der Waals surface area contributed by atoms with Gasteiger partial charge in [0, 0.05) is 0 Å². The molecule has 0 aromatic carbocycles. The summed E-state index contributed by atoms with van der Waals surface area (Å²) < 4.78 is 17.4. The van der Waals surface area contributed by atoms with Crippen LogP contribution in [0.5, 0.6) is 0 Å². The van der Waals surface area contributed by atoms with Gasteiger partial charge in [-0.2, -0.15) is 3.63 Å². The lowest BCUT2D eigenvalue weighted by Crippen LogP contribution is -2.16. The van der Waals surface area contributed by atoms with E-state index in [0.29, 0.717) is 12.3 Å². The Hall–Kier alpha value is 0.370. The third-order valence-corrected chi connectivity index (χ3v) is 2.56. The summed E-state index contributed by atoms with van der Waals surface area (Å²) in [5.41, 5.74) is 0. The maximum Gasteiger partial charge on any atom is 0.186 e. The van der Waals surface area contributed by atoms with Gasteiger partial charge in [-0.15, -0.1) is 0 Å². The van der Waals surface area contributed by atoms with E-state index in [-0.39, 0.29) is 12.3 Å². The summed E-state index contributed by atoms with van der Waals surface area (Å²) in [6, 6.07) is 0. The largest absolute Gasteiger partial charge is 0.370 e. The Labute approximate surface area is 96.8 Å². The first-order valence-corrected chi connectivity index (χ1v) is 5.78. The molecule has 14 heavy (non-hydrogen) atoms. The molecule has 0 amide bonds. The van der Waals surface area contributed by atoms with Gasteiger partial charge in [0.05, 0.1) is 12.0 Å². The standard InChI is InChI=1S/C7H12O4S3/c1-3-5-7(8,6-4-2)12-10-14-11-13-9/h3-6,8-9H,1-2H3. The van der Waals surface area contributed by atoms with Gasteiger partial charge in [-0.3, -0.25) is 0 Å². The number of rotatable bonds is 7. The second-order valence-electron chi connectivity index (χ2n) is 2.11. The first-order chi connectivity index (χ1) is 6.68. The lowest BCUT2D eigenvalue weighted by molar-refractivity contribution is 0.231. The minimum absolute atomic E-state index is 0.186. The fraction of sp³-hybridized carbons (Fsp3) is 0.429. The van der Waals surface area contributed by atoms with Crippen molar-refractivity contribution in [1.29, 1.82) is 0 Å². The molecular formula is C7H12O4S3. The smallest absolute Gasteiger partial charge is 0.186 e. The highest BCUT2D eigenvalue weighted by Crippen LogP contribution is 2.32. The Balaban J connectivity index is 3.97. The monoisotopic (exact) mass is 256 g/mol. The summed E-state index contributed by atoms with van der Waals surface area (Å²) in [6.07, 6.45) is 6.57. The second-order valence-corrected chi connectivity index (χ2v) is 4.31. The summed E-state index contributed by atoms with van der Waals surface area (Å²) in [4.78, 5) is -1.21. The number of aliphatic hydroxyl groups is 1. The molecule has 0 aliphatic heterocycles. The molecule has 0 spiro atoms. The van der Waals surface area contributed by atoms with Gasteiger partial charge < -0.3 is 9.66 Å². The predicted octanol–water partition coefficient (Wildman–Crippen LogP) is 3.19. The summed E-state index contributed by atoms with van der Waals surface area (Å²) in [5.74, 6) is 0. The van der Waals surface area contributed by atoms with Crippen molar-refractivity contribution in [3.05, 3.63) is 24.3 Å². The van der Waals surface area contributed by atoms with E-state index in [1.54, 1.807) is 38.2 Å². The van der Waals surface area contributed by atoms with Crippen LogP contribution in [0.3, 0.4) is 0 Å². The van der Waals surface area contributed by atoms with E-state index in [9.17, 15) is 5.11 Å². The molecule has 0 rings (SSSR count). The maximum absolute atomic E-state index is 9.84. The van der Waals surface area contributed by atoms with E-state index in [4.69, 9.17) is 8.18 Å². The highest BCUT2D eigenvalue weighted by atomic mass is 32.3. The molecule has 0 saturated carbocycles. The van der Waals surface area contributed by atoms with Crippen LogP contribution >= 0.6 is 36.7 Å². The van der Waals surface area contributed by atoms with Gasteiger partial charge in [0.25, 0.3) is 0 Å².